The van der Waals surface area contributed by atoms with E-state index >= 15 is 0 Å². The van der Waals surface area contributed by atoms with Crippen LogP contribution in [0.3, 0.4) is 0 Å². The third kappa shape index (κ3) is 4.35. The summed E-state index contributed by atoms with van der Waals surface area (Å²) in [6.07, 6.45) is 5.22. The summed E-state index contributed by atoms with van der Waals surface area (Å²) < 4.78 is 0. The van der Waals surface area contributed by atoms with E-state index in [2.05, 4.69) is 24.5 Å². The Morgan fingerprint density at radius 1 is 0.812 bits per heavy atom. The molecule has 0 bridgehead atoms. The molecule has 1 fully saturated rings. The van der Waals surface area contributed by atoms with Crippen LogP contribution in [-0.2, 0) is 9.59 Å². The van der Waals surface area contributed by atoms with Gasteiger partial charge < -0.3 is 0 Å². The van der Waals surface area contributed by atoms with Crippen LogP contribution in [0.2, 0.25) is 0 Å². The van der Waals surface area contributed by atoms with Crippen molar-refractivity contribution in [3.8, 4) is 0 Å². The van der Waals surface area contributed by atoms with Crippen molar-refractivity contribution in [1.82, 2.24) is 0 Å². The number of aryl methyl sites for hydroxylation is 4. The molecule has 1 aliphatic rings. The van der Waals surface area contributed by atoms with Gasteiger partial charge in [-0.3, -0.25) is 0 Å². The van der Waals surface area contributed by atoms with Gasteiger partial charge in [0.1, 0.15) is 0 Å². The summed E-state index contributed by atoms with van der Waals surface area (Å²) in [5.74, 6) is 0.195. The number of nitrogens with one attached hydrogen (secondary N) is 2. The Kier molecular flexibility index (Phi) is 7.45. The van der Waals surface area contributed by atoms with Crippen LogP contribution in [0.15, 0.2) is 36.4 Å². The number of hydrogen-bond acceptors (Lipinski definition) is 2. The molecule has 2 N–H and O–H groups in total. The molecule has 5 heteroatoms. The minimum atomic E-state index is -2.24. The van der Waals surface area contributed by atoms with E-state index in [-0.39, 0.29) is 17.0 Å². The third-order valence-corrected chi connectivity index (χ3v) is 14.4. The Morgan fingerprint density at radius 3 is 1.62 bits per heavy atom. The van der Waals surface area contributed by atoms with Crippen molar-refractivity contribution >= 4 is 30.5 Å². The molecule has 0 spiro atoms. The average Bonchev–Trinajstić information content (AvgIpc) is 2.72. The van der Waals surface area contributed by atoms with Crippen molar-refractivity contribution in [3.63, 3.8) is 0 Å². The number of carbonyl (C=O) groups is 2. The van der Waals surface area contributed by atoms with Gasteiger partial charge in [0, 0.05) is 0 Å². The number of para-hydroxylation sites is 2. The number of rotatable bonds is 8. The first-order chi connectivity index (χ1) is 15.2. The minimum absolute atomic E-state index is 0.0592. The van der Waals surface area contributed by atoms with Crippen LogP contribution < -0.4 is 10.6 Å². The normalized spacial score (nSPS) is 15.6. The van der Waals surface area contributed by atoms with Crippen molar-refractivity contribution in [2.24, 2.45) is 0 Å². The molecule has 2 aromatic rings. The van der Waals surface area contributed by atoms with Crippen LogP contribution in [0.25, 0.3) is 0 Å². The number of hydrogen-bond donors (Lipinski definition) is 2. The number of amides is 2. The Balaban J connectivity index is 1.88. The fraction of sp³-hybridized carbons (Fsp3) is 0.481. The molecule has 0 heterocycles. The maximum absolute atomic E-state index is 13.8. The zero-order valence-electron chi connectivity index (χ0n) is 20.5. The Morgan fingerprint density at radius 2 is 1.25 bits per heavy atom. The van der Waals surface area contributed by atoms with Gasteiger partial charge in [0.05, 0.1) is 0 Å². The second-order valence-corrected chi connectivity index (χ2v) is 14.9. The van der Waals surface area contributed by atoms with Crippen molar-refractivity contribution in [1.29, 1.82) is 0 Å². The molecule has 0 saturated heterocycles. The van der Waals surface area contributed by atoms with E-state index in [4.69, 9.17) is 0 Å². The Labute approximate surface area is 193 Å². The Hall–Kier alpha value is -2.19. The molecule has 1 aliphatic carbocycles. The summed E-state index contributed by atoms with van der Waals surface area (Å²) in [5, 5.41) is 6.12. The van der Waals surface area contributed by atoms with Crippen LogP contribution in [-0.4, -0.2) is 35.5 Å². The van der Waals surface area contributed by atoms with E-state index in [1.165, 1.54) is 0 Å². The molecule has 4 nitrogen and oxygen atoms in total. The van der Waals surface area contributed by atoms with Gasteiger partial charge in [-0.05, 0) is 0 Å². The molecule has 0 atom stereocenters. The standard InChI is InChI=1S/C27H39N2O2P/c1-7-32(8-2,18-23(30)28-24-19(3)12-9-13-20(24)4)27(16-11-17-27)26(31)29-25-21(5)14-10-15-22(25)6/h9-10,12-15,32H,7-8,11,16-18H2,1-6H3,(H,28,30)(H,29,31). The van der Waals surface area contributed by atoms with E-state index in [0.717, 1.165) is 65.2 Å². The predicted octanol–water partition coefficient (Wildman–Crippen LogP) is 6.21. The van der Waals surface area contributed by atoms with Gasteiger partial charge >= 0.3 is 194 Å². The molecule has 0 radical (unpaired) electrons. The van der Waals surface area contributed by atoms with Crippen molar-refractivity contribution in [3.05, 3.63) is 58.7 Å². The summed E-state index contributed by atoms with van der Waals surface area (Å²) in [7, 11) is -2.24. The molecule has 2 aromatic carbocycles. The van der Waals surface area contributed by atoms with Crippen LogP contribution in [0, 0.1) is 27.7 Å². The molecule has 0 aliphatic heterocycles. The van der Waals surface area contributed by atoms with E-state index in [1.807, 2.05) is 64.1 Å². The van der Waals surface area contributed by atoms with Crippen molar-refractivity contribution in [2.75, 3.05) is 29.1 Å². The molecule has 174 valence electrons. The second kappa shape index (κ2) is 9.75. The number of carbonyl (C=O) groups excluding carboxylic acids is 2. The summed E-state index contributed by atoms with van der Waals surface area (Å²) in [6, 6.07) is 12.2. The molecule has 0 aromatic heterocycles. The molecule has 2 amide bonds. The van der Waals surface area contributed by atoms with E-state index in [1.54, 1.807) is 0 Å². The van der Waals surface area contributed by atoms with E-state index in [0.29, 0.717) is 6.16 Å². The zero-order chi connectivity index (χ0) is 23.5. The van der Waals surface area contributed by atoms with Crippen LogP contribution in [0.1, 0.15) is 55.4 Å². The Bertz CT molecular complexity index is 966. The van der Waals surface area contributed by atoms with Gasteiger partial charge in [-0.1, -0.05) is 0 Å². The average molecular weight is 455 g/mol. The number of benzene rings is 2. The molecular weight excluding hydrogens is 415 g/mol. The maximum atomic E-state index is 13.8. The summed E-state index contributed by atoms with van der Waals surface area (Å²) in [5.41, 5.74) is 6.16. The first-order valence-corrected chi connectivity index (χ1v) is 14.6. The van der Waals surface area contributed by atoms with Gasteiger partial charge in [-0.15, -0.1) is 0 Å². The molecule has 32 heavy (non-hydrogen) atoms. The van der Waals surface area contributed by atoms with Gasteiger partial charge in [0.15, 0.2) is 0 Å². The first kappa shape index (κ1) is 24.5. The van der Waals surface area contributed by atoms with Crippen LogP contribution >= 0.6 is 7.26 Å². The molecule has 3 rings (SSSR count). The second-order valence-electron chi connectivity index (χ2n) is 9.64. The van der Waals surface area contributed by atoms with Crippen LogP contribution in [0.5, 0.6) is 0 Å². The quantitative estimate of drug-likeness (QED) is 0.466. The van der Waals surface area contributed by atoms with Crippen molar-refractivity contribution in [2.45, 2.75) is 66.0 Å². The van der Waals surface area contributed by atoms with Gasteiger partial charge in [-0.25, -0.2) is 0 Å². The SMILES string of the molecule is CC[PH](CC)(CC(=O)Nc1c(C)cccc1C)C1(C(=O)Nc2c(C)cccc2C)CCC1. The molecule has 0 unspecified atom stereocenters. The first-order valence-electron chi connectivity index (χ1n) is 11.9. The topological polar surface area (TPSA) is 58.2 Å². The third-order valence-electron chi connectivity index (χ3n) is 7.97. The summed E-state index contributed by atoms with van der Waals surface area (Å²) in [4.78, 5) is 27.1. The fourth-order valence-electron chi connectivity index (χ4n) is 5.62. The van der Waals surface area contributed by atoms with Gasteiger partial charge in [-0.2, -0.15) is 0 Å². The van der Waals surface area contributed by atoms with E-state index < -0.39 is 7.26 Å². The monoisotopic (exact) mass is 454 g/mol. The number of anilines is 2. The van der Waals surface area contributed by atoms with Crippen LogP contribution in [0.4, 0.5) is 11.4 Å². The summed E-state index contributed by atoms with van der Waals surface area (Å²) in [6.45, 7) is 12.5. The fourth-order valence-corrected chi connectivity index (χ4v) is 11.0. The van der Waals surface area contributed by atoms with E-state index in [9.17, 15) is 9.59 Å². The molecular formula is C27H39N2O2P. The van der Waals surface area contributed by atoms with Gasteiger partial charge in [0.2, 0.25) is 0 Å². The van der Waals surface area contributed by atoms with Crippen molar-refractivity contribution < 1.29 is 9.59 Å². The van der Waals surface area contributed by atoms with Gasteiger partial charge in [0.25, 0.3) is 0 Å². The zero-order valence-corrected chi connectivity index (χ0v) is 21.5. The molecule has 1 saturated carbocycles. The summed E-state index contributed by atoms with van der Waals surface area (Å²) >= 11 is 0. The predicted molar refractivity (Wildman–Crippen MR) is 140 cm³/mol.